The third-order valence-corrected chi connectivity index (χ3v) is 3.13. The molecule has 1 heterocycles. The van der Waals surface area contributed by atoms with Crippen molar-refractivity contribution in [3.8, 4) is 0 Å². The first kappa shape index (κ1) is 14.4. The quantitative estimate of drug-likeness (QED) is 0.560. The molecule has 106 valence electrons. The van der Waals surface area contributed by atoms with Crippen LogP contribution in [-0.4, -0.2) is 57.7 Å². The highest BCUT2D eigenvalue weighted by Gasteiger charge is 2.44. The maximum absolute atomic E-state index is 9.86. The molecule has 1 aliphatic rings. The lowest BCUT2D eigenvalue weighted by molar-refractivity contribution is -0.298. The zero-order chi connectivity index (χ0) is 13.8. The highest BCUT2D eigenvalue weighted by Crippen LogP contribution is 2.23. The summed E-state index contributed by atoms with van der Waals surface area (Å²) in [5.74, 6) is 0. The Morgan fingerprint density at radius 2 is 1.74 bits per heavy atom. The highest BCUT2D eigenvalue weighted by atomic mass is 16.7. The second kappa shape index (κ2) is 6.42. The SMILES string of the molecule is OC[C@@H]1O[C@H](O)[C@@H](OCc2ccccc2)[C@H](O)[C@@H]1O. The van der Waals surface area contributed by atoms with E-state index in [0.29, 0.717) is 0 Å². The van der Waals surface area contributed by atoms with Gasteiger partial charge in [-0.05, 0) is 5.56 Å². The standard InChI is InChI=1S/C13H18O6/c14-6-9-10(15)11(16)12(13(17)19-9)18-7-8-4-2-1-3-5-8/h1-5,9-17H,6-7H2/t9-,10+,11+,12-,13-/m0/s1. The molecule has 0 bridgehead atoms. The Hall–Kier alpha value is -1.02. The lowest BCUT2D eigenvalue weighted by atomic mass is 9.99. The Morgan fingerprint density at radius 3 is 2.37 bits per heavy atom. The zero-order valence-electron chi connectivity index (χ0n) is 10.3. The van der Waals surface area contributed by atoms with Crippen molar-refractivity contribution in [1.82, 2.24) is 0 Å². The minimum Gasteiger partial charge on any atom is -0.394 e. The smallest absolute Gasteiger partial charge is 0.184 e. The minimum absolute atomic E-state index is 0.180. The van der Waals surface area contributed by atoms with E-state index in [-0.39, 0.29) is 6.61 Å². The van der Waals surface area contributed by atoms with E-state index in [4.69, 9.17) is 14.6 Å². The van der Waals surface area contributed by atoms with Gasteiger partial charge in [0.25, 0.3) is 0 Å². The summed E-state index contributed by atoms with van der Waals surface area (Å²) in [5.41, 5.74) is 0.876. The third-order valence-electron chi connectivity index (χ3n) is 3.13. The van der Waals surface area contributed by atoms with Gasteiger partial charge >= 0.3 is 0 Å². The zero-order valence-corrected chi connectivity index (χ0v) is 10.3. The van der Waals surface area contributed by atoms with Crippen LogP contribution in [0.1, 0.15) is 5.56 Å². The van der Waals surface area contributed by atoms with Gasteiger partial charge in [-0.1, -0.05) is 30.3 Å². The summed E-state index contributed by atoms with van der Waals surface area (Å²) >= 11 is 0. The number of hydrogen-bond acceptors (Lipinski definition) is 6. The second-order valence-corrected chi connectivity index (χ2v) is 4.49. The predicted molar refractivity (Wildman–Crippen MR) is 65.0 cm³/mol. The van der Waals surface area contributed by atoms with Crippen LogP contribution in [-0.2, 0) is 16.1 Å². The summed E-state index contributed by atoms with van der Waals surface area (Å²) in [6.07, 6.45) is -6.07. The summed E-state index contributed by atoms with van der Waals surface area (Å²) in [4.78, 5) is 0. The number of ether oxygens (including phenoxy) is 2. The van der Waals surface area contributed by atoms with E-state index in [1.54, 1.807) is 0 Å². The Bertz CT molecular complexity index is 384. The molecular weight excluding hydrogens is 252 g/mol. The molecule has 4 N–H and O–H groups in total. The van der Waals surface area contributed by atoms with Crippen molar-refractivity contribution in [3.05, 3.63) is 35.9 Å². The average molecular weight is 270 g/mol. The van der Waals surface area contributed by atoms with Gasteiger partial charge in [0.15, 0.2) is 6.29 Å². The molecule has 0 spiro atoms. The number of benzene rings is 1. The Morgan fingerprint density at radius 1 is 1.05 bits per heavy atom. The molecular formula is C13H18O6. The second-order valence-electron chi connectivity index (χ2n) is 4.49. The molecule has 1 aromatic rings. The number of hydrogen-bond donors (Lipinski definition) is 4. The molecule has 1 aromatic carbocycles. The molecule has 2 rings (SSSR count). The Kier molecular flexibility index (Phi) is 4.87. The van der Waals surface area contributed by atoms with E-state index in [1.807, 2.05) is 30.3 Å². The first-order valence-corrected chi connectivity index (χ1v) is 6.09. The van der Waals surface area contributed by atoms with Gasteiger partial charge in [-0.15, -0.1) is 0 Å². The van der Waals surface area contributed by atoms with Crippen molar-refractivity contribution in [2.24, 2.45) is 0 Å². The summed E-state index contributed by atoms with van der Waals surface area (Å²) in [6.45, 7) is -0.305. The molecule has 1 saturated heterocycles. The number of rotatable bonds is 4. The van der Waals surface area contributed by atoms with Gasteiger partial charge < -0.3 is 29.9 Å². The Balaban J connectivity index is 1.96. The van der Waals surface area contributed by atoms with Gasteiger partial charge in [-0.2, -0.15) is 0 Å². The van der Waals surface area contributed by atoms with E-state index >= 15 is 0 Å². The van der Waals surface area contributed by atoms with Crippen LogP contribution < -0.4 is 0 Å². The molecule has 0 aromatic heterocycles. The molecule has 5 atom stereocenters. The topological polar surface area (TPSA) is 99.4 Å². The van der Waals surface area contributed by atoms with E-state index < -0.39 is 37.3 Å². The van der Waals surface area contributed by atoms with Crippen molar-refractivity contribution < 1.29 is 29.9 Å². The van der Waals surface area contributed by atoms with Gasteiger partial charge in [0.05, 0.1) is 13.2 Å². The maximum atomic E-state index is 9.86. The molecule has 19 heavy (non-hydrogen) atoms. The fourth-order valence-corrected chi connectivity index (χ4v) is 2.02. The molecule has 0 saturated carbocycles. The van der Waals surface area contributed by atoms with Gasteiger partial charge in [-0.3, -0.25) is 0 Å². The summed E-state index contributed by atoms with van der Waals surface area (Å²) < 4.78 is 10.4. The van der Waals surface area contributed by atoms with Crippen LogP contribution in [0.5, 0.6) is 0 Å². The van der Waals surface area contributed by atoms with Crippen LogP contribution in [0.25, 0.3) is 0 Å². The first-order valence-electron chi connectivity index (χ1n) is 6.09. The van der Waals surface area contributed by atoms with Crippen LogP contribution in [0.4, 0.5) is 0 Å². The van der Waals surface area contributed by atoms with Crippen LogP contribution in [0, 0.1) is 0 Å². The average Bonchev–Trinajstić information content (AvgIpc) is 2.44. The third kappa shape index (κ3) is 3.30. The first-order chi connectivity index (χ1) is 9.13. The molecule has 1 aliphatic heterocycles. The molecule has 1 fully saturated rings. The highest BCUT2D eigenvalue weighted by molar-refractivity contribution is 5.13. The molecule has 0 amide bonds. The molecule has 6 heteroatoms. The van der Waals surface area contributed by atoms with Crippen molar-refractivity contribution in [2.75, 3.05) is 6.61 Å². The maximum Gasteiger partial charge on any atom is 0.184 e. The lowest BCUT2D eigenvalue weighted by Gasteiger charge is -2.39. The Labute approximate surface area is 110 Å². The van der Waals surface area contributed by atoms with Crippen molar-refractivity contribution >= 4 is 0 Å². The van der Waals surface area contributed by atoms with E-state index in [1.165, 1.54) is 0 Å². The monoisotopic (exact) mass is 270 g/mol. The lowest BCUT2D eigenvalue weighted by Crippen LogP contribution is -2.59. The number of aliphatic hydroxyl groups excluding tert-OH is 4. The van der Waals surface area contributed by atoms with Crippen LogP contribution in [0.3, 0.4) is 0 Å². The number of aliphatic hydroxyl groups is 4. The van der Waals surface area contributed by atoms with Gasteiger partial charge in [0.1, 0.15) is 24.4 Å². The van der Waals surface area contributed by atoms with Crippen LogP contribution in [0.2, 0.25) is 0 Å². The van der Waals surface area contributed by atoms with Gasteiger partial charge in [-0.25, -0.2) is 0 Å². The van der Waals surface area contributed by atoms with Gasteiger partial charge in [0.2, 0.25) is 0 Å². The molecule has 0 radical (unpaired) electrons. The fourth-order valence-electron chi connectivity index (χ4n) is 2.02. The molecule has 6 nitrogen and oxygen atoms in total. The normalized spacial score (nSPS) is 35.3. The van der Waals surface area contributed by atoms with Gasteiger partial charge in [0, 0.05) is 0 Å². The van der Waals surface area contributed by atoms with Crippen LogP contribution >= 0.6 is 0 Å². The largest absolute Gasteiger partial charge is 0.394 e. The molecule has 0 unspecified atom stereocenters. The van der Waals surface area contributed by atoms with Crippen molar-refractivity contribution in [3.63, 3.8) is 0 Å². The minimum atomic E-state index is -1.39. The predicted octanol–water partition coefficient (Wildman–Crippen LogP) is -0.997. The summed E-state index contributed by atoms with van der Waals surface area (Å²) in [6, 6.07) is 9.25. The van der Waals surface area contributed by atoms with E-state index in [0.717, 1.165) is 5.56 Å². The van der Waals surface area contributed by atoms with Crippen molar-refractivity contribution in [2.45, 2.75) is 37.3 Å². The summed E-state index contributed by atoms with van der Waals surface area (Å²) in [5, 5.41) is 38.2. The fraction of sp³-hybridized carbons (Fsp3) is 0.538. The van der Waals surface area contributed by atoms with E-state index in [2.05, 4.69) is 0 Å². The molecule has 0 aliphatic carbocycles. The van der Waals surface area contributed by atoms with E-state index in [9.17, 15) is 15.3 Å². The summed E-state index contributed by atoms with van der Waals surface area (Å²) in [7, 11) is 0. The van der Waals surface area contributed by atoms with Crippen molar-refractivity contribution in [1.29, 1.82) is 0 Å². The van der Waals surface area contributed by atoms with Crippen LogP contribution in [0.15, 0.2) is 30.3 Å².